The van der Waals surface area contributed by atoms with Gasteiger partial charge in [-0.05, 0) is 42.3 Å². The van der Waals surface area contributed by atoms with E-state index in [1.165, 1.54) is 0 Å². The Balaban J connectivity index is 2.21. The average molecular weight is 287 g/mol. The summed E-state index contributed by atoms with van der Waals surface area (Å²) in [6, 6.07) is 14.9. The zero-order chi connectivity index (χ0) is 15.2. The molecule has 2 unspecified atom stereocenters. The molecule has 0 spiro atoms. The summed E-state index contributed by atoms with van der Waals surface area (Å²) in [6.07, 6.45) is -0.264. The van der Waals surface area contributed by atoms with Gasteiger partial charge in [0.25, 0.3) is 0 Å². The van der Waals surface area contributed by atoms with Crippen molar-refractivity contribution in [3.8, 4) is 11.5 Å². The molecule has 0 amide bonds. The lowest BCUT2D eigenvalue weighted by Gasteiger charge is -2.23. The molecule has 4 heteroatoms. The highest BCUT2D eigenvalue weighted by Crippen LogP contribution is 2.27. The largest absolute Gasteiger partial charge is 0.497 e. The monoisotopic (exact) mass is 287 g/mol. The van der Waals surface area contributed by atoms with E-state index in [9.17, 15) is 0 Å². The van der Waals surface area contributed by atoms with Crippen molar-refractivity contribution in [3.63, 3.8) is 0 Å². The van der Waals surface area contributed by atoms with Crippen LogP contribution in [-0.2, 0) is 6.61 Å². The quantitative estimate of drug-likeness (QED) is 0.857. The van der Waals surface area contributed by atoms with E-state index in [4.69, 9.17) is 20.3 Å². The van der Waals surface area contributed by atoms with Crippen LogP contribution in [0.25, 0.3) is 0 Å². The van der Waals surface area contributed by atoms with E-state index in [2.05, 4.69) is 0 Å². The Morgan fingerprint density at radius 2 is 1.81 bits per heavy atom. The molecule has 3 N–H and O–H groups in total. The smallest absolute Gasteiger partial charge is 0.139 e. The molecule has 0 aromatic heterocycles. The lowest BCUT2D eigenvalue weighted by Crippen LogP contribution is -2.29. The molecule has 2 atom stereocenters. The summed E-state index contributed by atoms with van der Waals surface area (Å²) in [7, 11) is 1.63. The molecule has 0 aliphatic heterocycles. The van der Waals surface area contributed by atoms with Gasteiger partial charge in [-0.25, -0.2) is 0 Å². The zero-order valence-electron chi connectivity index (χ0n) is 12.3. The third-order valence-corrected chi connectivity index (χ3v) is 3.27. The molecule has 0 heterocycles. The number of rotatable bonds is 6. The maximum absolute atomic E-state index is 9.06. The SMILES string of the molecule is COc1cccc(C(Oc2ccc(CO)cc2)C(C)N)c1. The summed E-state index contributed by atoms with van der Waals surface area (Å²) in [5, 5.41) is 9.06. The fourth-order valence-electron chi connectivity index (χ4n) is 2.12. The van der Waals surface area contributed by atoms with Crippen LogP contribution >= 0.6 is 0 Å². The van der Waals surface area contributed by atoms with Gasteiger partial charge < -0.3 is 20.3 Å². The molecule has 0 fully saturated rings. The number of benzene rings is 2. The maximum atomic E-state index is 9.06. The number of methoxy groups -OCH3 is 1. The lowest BCUT2D eigenvalue weighted by atomic mass is 10.0. The van der Waals surface area contributed by atoms with Crippen molar-refractivity contribution in [3.05, 3.63) is 59.7 Å². The van der Waals surface area contributed by atoms with Gasteiger partial charge in [0.1, 0.15) is 17.6 Å². The summed E-state index contributed by atoms with van der Waals surface area (Å²) in [5.74, 6) is 1.50. The van der Waals surface area contributed by atoms with Crippen LogP contribution in [0.2, 0.25) is 0 Å². The highest BCUT2D eigenvalue weighted by Gasteiger charge is 2.18. The van der Waals surface area contributed by atoms with Crippen LogP contribution in [0, 0.1) is 0 Å². The van der Waals surface area contributed by atoms with Crippen LogP contribution < -0.4 is 15.2 Å². The topological polar surface area (TPSA) is 64.7 Å². The predicted molar refractivity (Wildman–Crippen MR) is 82.4 cm³/mol. The Kier molecular flexibility index (Phi) is 5.20. The summed E-state index contributed by atoms with van der Waals surface area (Å²) >= 11 is 0. The first-order valence-electron chi connectivity index (χ1n) is 6.90. The molecule has 112 valence electrons. The molecule has 0 saturated heterocycles. The van der Waals surface area contributed by atoms with Crippen molar-refractivity contribution in [1.82, 2.24) is 0 Å². The van der Waals surface area contributed by atoms with Gasteiger partial charge in [-0.3, -0.25) is 0 Å². The van der Waals surface area contributed by atoms with Gasteiger partial charge >= 0.3 is 0 Å². The molecule has 2 rings (SSSR count). The van der Waals surface area contributed by atoms with Crippen LogP contribution in [0.4, 0.5) is 0 Å². The second-order valence-electron chi connectivity index (χ2n) is 4.98. The first kappa shape index (κ1) is 15.4. The number of ether oxygens (including phenoxy) is 2. The minimum absolute atomic E-state index is 0.0207. The fraction of sp³-hybridized carbons (Fsp3) is 0.294. The van der Waals surface area contributed by atoms with E-state index in [1.807, 2.05) is 55.5 Å². The molecule has 0 bridgehead atoms. The summed E-state index contributed by atoms with van der Waals surface area (Å²) in [6.45, 7) is 1.93. The van der Waals surface area contributed by atoms with Gasteiger partial charge in [-0.1, -0.05) is 24.3 Å². The first-order chi connectivity index (χ1) is 10.1. The molecule has 0 aliphatic rings. The van der Waals surface area contributed by atoms with E-state index in [-0.39, 0.29) is 18.8 Å². The van der Waals surface area contributed by atoms with E-state index < -0.39 is 0 Å². The molecule has 2 aromatic rings. The highest BCUT2D eigenvalue weighted by molar-refractivity contribution is 5.32. The van der Waals surface area contributed by atoms with Crippen LogP contribution in [0.5, 0.6) is 11.5 Å². The van der Waals surface area contributed by atoms with Crippen molar-refractivity contribution in [2.24, 2.45) is 5.73 Å². The third-order valence-electron chi connectivity index (χ3n) is 3.27. The summed E-state index contributed by atoms with van der Waals surface area (Å²) < 4.78 is 11.2. The molecule has 2 aromatic carbocycles. The molecular weight excluding hydrogens is 266 g/mol. The number of nitrogens with two attached hydrogens (primary N) is 1. The van der Waals surface area contributed by atoms with Gasteiger partial charge in [-0.2, -0.15) is 0 Å². The normalized spacial score (nSPS) is 13.5. The van der Waals surface area contributed by atoms with E-state index in [0.717, 1.165) is 22.6 Å². The zero-order valence-corrected chi connectivity index (χ0v) is 12.3. The Morgan fingerprint density at radius 1 is 1.10 bits per heavy atom. The van der Waals surface area contributed by atoms with Crippen LogP contribution in [-0.4, -0.2) is 18.3 Å². The first-order valence-corrected chi connectivity index (χ1v) is 6.90. The number of hydrogen-bond donors (Lipinski definition) is 2. The van der Waals surface area contributed by atoms with Gasteiger partial charge in [0.15, 0.2) is 0 Å². The van der Waals surface area contributed by atoms with Crippen LogP contribution in [0.15, 0.2) is 48.5 Å². The minimum Gasteiger partial charge on any atom is -0.497 e. The van der Waals surface area contributed by atoms with Gasteiger partial charge in [0.2, 0.25) is 0 Å². The Bertz CT molecular complexity index is 567. The third kappa shape index (κ3) is 3.97. The number of aliphatic hydroxyl groups excluding tert-OH is 1. The van der Waals surface area contributed by atoms with Gasteiger partial charge in [-0.15, -0.1) is 0 Å². The average Bonchev–Trinajstić information content (AvgIpc) is 2.53. The van der Waals surface area contributed by atoms with Crippen LogP contribution in [0.1, 0.15) is 24.2 Å². The van der Waals surface area contributed by atoms with E-state index in [0.29, 0.717) is 0 Å². The number of aliphatic hydroxyl groups is 1. The molecule has 21 heavy (non-hydrogen) atoms. The molecule has 0 radical (unpaired) electrons. The Hall–Kier alpha value is -2.04. The number of hydrogen-bond acceptors (Lipinski definition) is 4. The van der Waals surface area contributed by atoms with Crippen molar-refractivity contribution < 1.29 is 14.6 Å². The highest BCUT2D eigenvalue weighted by atomic mass is 16.5. The minimum atomic E-state index is -0.264. The molecule has 0 saturated carbocycles. The molecule has 0 aliphatic carbocycles. The van der Waals surface area contributed by atoms with Crippen molar-refractivity contribution in [1.29, 1.82) is 0 Å². The van der Waals surface area contributed by atoms with E-state index >= 15 is 0 Å². The Labute approximate surface area is 125 Å². The summed E-state index contributed by atoms with van der Waals surface area (Å²) in [4.78, 5) is 0. The van der Waals surface area contributed by atoms with Crippen molar-refractivity contribution >= 4 is 0 Å². The van der Waals surface area contributed by atoms with Gasteiger partial charge in [0, 0.05) is 6.04 Å². The predicted octanol–water partition coefficient (Wildman–Crippen LogP) is 2.65. The van der Waals surface area contributed by atoms with E-state index in [1.54, 1.807) is 7.11 Å². The maximum Gasteiger partial charge on any atom is 0.139 e. The Morgan fingerprint density at radius 3 is 2.38 bits per heavy atom. The summed E-state index contributed by atoms with van der Waals surface area (Å²) in [5.41, 5.74) is 7.87. The second-order valence-corrected chi connectivity index (χ2v) is 4.98. The standard InChI is InChI=1S/C17H21NO3/c1-12(18)17(14-4-3-5-16(10-14)20-2)21-15-8-6-13(11-19)7-9-15/h3-10,12,17,19H,11,18H2,1-2H3. The second kappa shape index (κ2) is 7.11. The van der Waals surface area contributed by atoms with Crippen LogP contribution in [0.3, 0.4) is 0 Å². The van der Waals surface area contributed by atoms with Gasteiger partial charge in [0.05, 0.1) is 13.7 Å². The fourth-order valence-corrected chi connectivity index (χ4v) is 2.12. The van der Waals surface area contributed by atoms with Crippen molar-refractivity contribution in [2.75, 3.05) is 7.11 Å². The van der Waals surface area contributed by atoms with Crippen molar-refractivity contribution in [2.45, 2.75) is 25.7 Å². The molecule has 4 nitrogen and oxygen atoms in total. The molecular formula is C17H21NO3. The lowest BCUT2D eigenvalue weighted by molar-refractivity contribution is 0.180.